The Hall–Kier alpha value is -3.34. The number of hydrogen-bond donors (Lipinski definition) is 1. The number of aromatic carboxylic acids is 1. The third-order valence-electron chi connectivity index (χ3n) is 3.97. The second-order valence-corrected chi connectivity index (χ2v) is 5.40. The first-order chi connectivity index (χ1) is 11.6. The van der Waals surface area contributed by atoms with Crippen LogP contribution in [0.15, 0.2) is 60.9 Å². The van der Waals surface area contributed by atoms with E-state index in [0.29, 0.717) is 16.8 Å². The Morgan fingerprint density at radius 2 is 1.83 bits per heavy atom. The predicted octanol–water partition coefficient (Wildman–Crippen LogP) is 4.29. The monoisotopic (exact) mass is 318 g/mol. The maximum Gasteiger partial charge on any atom is 0.335 e. The minimum Gasteiger partial charge on any atom is -0.478 e. The van der Waals surface area contributed by atoms with Crippen LogP contribution in [0.1, 0.15) is 10.4 Å². The van der Waals surface area contributed by atoms with E-state index in [-0.39, 0.29) is 11.4 Å². The Morgan fingerprint density at radius 1 is 1.00 bits per heavy atom. The van der Waals surface area contributed by atoms with Crippen LogP contribution in [0.3, 0.4) is 0 Å². The standard InChI is InChI=1S/C19H11FN2O2/c20-16-4-2-1-3-14(16)18-13-7-8-21-10-15(13)12-6-5-11(19(23)24)9-17(12)22-18/h1-10H,(H,23,24). The smallest absolute Gasteiger partial charge is 0.335 e. The van der Waals surface area contributed by atoms with E-state index in [1.54, 1.807) is 42.7 Å². The molecule has 0 aliphatic rings. The lowest BCUT2D eigenvalue weighted by Crippen LogP contribution is -1.98. The molecule has 0 bridgehead atoms. The van der Waals surface area contributed by atoms with E-state index < -0.39 is 5.97 Å². The predicted molar refractivity (Wildman–Crippen MR) is 89.4 cm³/mol. The fraction of sp³-hybridized carbons (Fsp3) is 0. The second-order valence-electron chi connectivity index (χ2n) is 5.40. The average Bonchev–Trinajstić information content (AvgIpc) is 2.61. The van der Waals surface area contributed by atoms with Gasteiger partial charge in [0.2, 0.25) is 0 Å². The highest BCUT2D eigenvalue weighted by Crippen LogP contribution is 2.33. The largest absolute Gasteiger partial charge is 0.478 e. The summed E-state index contributed by atoms with van der Waals surface area (Å²) in [6.07, 6.45) is 3.32. The Balaban J connectivity index is 2.15. The van der Waals surface area contributed by atoms with Crippen molar-refractivity contribution >= 4 is 27.6 Å². The summed E-state index contributed by atoms with van der Waals surface area (Å²) in [5.41, 5.74) is 1.48. The molecule has 2 aromatic carbocycles. The number of nitrogens with zero attached hydrogens (tertiary/aromatic N) is 2. The number of halogens is 1. The summed E-state index contributed by atoms with van der Waals surface area (Å²) in [5.74, 6) is -1.41. The first-order valence-electron chi connectivity index (χ1n) is 7.31. The van der Waals surface area contributed by atoms with Crippen molar-refractivity contribution < 1.29 is 14.3 Å². The third-order valence-corrected chi connectivity index (χ3v) is 3.97. The molecule has 4 aromatic rings. The van der Waals surface area contributed by atoms with Gasteiger partial charge >= 0.3 is 5.97 Å². The maximum absolute atomic E-state index is 14.3. The first-order valence-corrected chi connectivity index (χ1v) is 7.31. The fourth-order valence-electron chi connectivity index (χ4n) is 2.84. The molecule has 4 nitrogen and oxygen atoms in total. The zero-order chi connectivity index (χ0) is 16.7. The van der Waals surface area contributed by atoms with Crippen LogP contribution >= 0.6 is 0 Å². The summed E-state index contributed by atoms with van der Waals surface area (Å²) in [5, 5.41) is 11.5. The molecule has 2 aromatic heterocycles. The molecule has 1 N–H and O–H groups in total. The molecule has 0 amide bonds. The summed E-state index contributed by atoms with van der Waals surface area (Å²) in [4.78, 5) is 19.9. The van der Waals surface area contributed by atoms with Gasteiger partial charge < -0.3 is 5.11 Å². The molecular formula is C19H11FN2O2. The van der Waals surface area contributed by atoms with Gasteiger partial charge in [-0.15, -0.1) is 0 Å². The lowest BCUT2D eigenvalue weighted by molar-refractivity contribution is 0.0697. The van der Waals surface area contributed by atoms with Gasteiger partial charge in [-0.1, -0.05) is 18.2 Å². The second kappa shape index (κ2) is 5.38. The number of carboxylic acids is 1. The topological polar surface area (TPSA) is 63.1 Å². The Morgan fingerprint density at radius 3 is 2.62 bits per heavy atom. The molecule has 0 fully saturated rings. The van der Waals surface area contributed by atoms with Gasteiger partial charge in [0.15, 0.2) is 0 Å². The molecule has 0 aliphatic carbocycles. The minimum absolute atomic E-state index is 0.137. The number of carboxylic acid groups (broad SMARTS) is 1. The molecular weight excluding hydrogens is 307 g/mol. The lowest BCUT2D eigenvalue weighted by Gasteiger charge is -2.10. The van der Waals surface area contributed by atoms with E-state index in [4.69, 9.17) is 0 Å². The van der Waals surface area contributed by atoms with Gasteiger partial charge in [0.25, 0.3) is 0 Å². The molecule has 0 saturated heterocycles. The van der Waals surface area contributed by atoms with E-state index >= 15 is 0 Å². The molecule has 0 spiro atoms. The van der Waals surface area contributed by atoms with Crippen LogP contribution in [-0.2, 0) is 0 Å². The van der Waals surface area contributed by atoms with Gasteiger partial charge in [-0.25, -0.2) is 14.2 Å². The quantitative estimate of drug-likeness (QED) is 0.560. The Bertz CT molecular complexity index is 1110. The normalized spacial score (nSPS) is 11.0. The van der Waals surface area contributed by atoms with Crippen LogP contribution in [0.2, 0.25) is 0 Å². The van der Waals surface area contributed by atoms with Crippen molar-refractivity contribution in [2.45, 2.75) is 0 Å². The van der Waals surface area contributed by atoms with Crippen molar-refractivity contribution in [1.82, 2.24) is 9.97 Å². The molecule has 0 aliphatic heterocycles. The molecule has 5 heteroatoms. The van der Waals surface area contributed by atoms with Crippen LogP contribution in [0, 0.1) is 5.82 Å². The van der Waals surface area contributed by atoms with Gasteiger partial charge in [-0.05, 0) is 30.3 Å². The van der Waals surface area contributed by atoms with Crippen LogP contribution < -0.4 is 0 Å². The summed E-state index contributed by atoms with van der Waals surface area (Å²) >= 11 is 0. The SMILES string of the molecule is O=C(O)c1ccc2c(c1)nc(-c1ccccc1F)c1ccncc12. The number of rotatable bonds is 2. The molecule has 116 valence electrons. The Labute approximate surface area is 136 Å². The van der Waals surface area contributed by atoms with Crippen LogP contribution in [0.5, 0.6) is 0 Å². The zero-order valence-corrected chi connectivity index (χ0v) is 12.4. The van der Waals surface area contributed by atoms with E-state index in [9.17, 15) is 14.3 Å². The number of pyridine rings is 2. The van der Waals surface area contributed by atoms with Gasteiger partial charge in [-0.3, -0.25) is 4.98 Å². The highest BCUT2D eigenvalue weighted by molar-refractivity contribution is 6.11. The van der Waals surface area contributed by atoms with E-state index in [1.165, 1.54) is 18.2 Å². The van der Waals surface area contributed by atoms with Crippen molar-refractivity contribution in [2.24, 2.45) is 0 Å². The van der Waals surface area contributed by atoms with Crippen molar-refractivity contribution in [3.63, 3.8) is 0 Å². The van der Waals surface area contributed by atoms with Gasteiger partial charge in [0.1, 0.15) is 5.82 Å². The molecule has 0 radical (unpaired) electrons. The fourth-order valence-corrected chi connectivity index (χ4v) is 2.84. The lowest BCUT2D eigenvalue weighted by atomic mass is 10.0. The first kappa shape index (κ1) is 14.3. The van der Waals surface area contributed by atoms with Crippen LogP contribution in [0.4, 0.5) is 4.39 Å². The summed E-state index contributed by atoms with van der Waals surface area (Å²) in [6, 6.07) is 12.9. The summed E-state index contributed by atoms with van der Waals surface area (Å²) < 4.78 is 14.3. The summed E-state index contributed by atoms with van der Waals surface area (Å²) in [6.45, 7) is 0. The minimum atomic E-state index is -1.03. The zero-order valence-electron chi connectivity index (χ0n) is 12.4. The molecule has 0 atom stereocenters. The van der Waals surface area contributed by atoms with Crippen molar-refractivity contribution in [3.05, 3.63) is 72.3 Å². The van der Waals surface area contributed by atoms with E-state index in [1.807, 2.05) is 0 Å². The summed E-state index contributed by atoms with van der Waals surface area (Å²) in [7, 11) is 0. The van der Waals surface area contributed by atoms with Gasteiger partial charge in [0.05, 0.1) is 16.8 Å². The highest BCUT2D eigenvalue weighted by Gasteiger charge is 2.14. The van der Waals surface area contributed by atoms with E-state index in [0.717, 1.165) is 16.2 Å². The third kappa shape index (κ3) is 2.18. The number of benzene rings is 2. The average molecular weight is 318 g/mol. The number of aromatic nitrogens is 2. The maximum atomic E-state index is 14.3. The van der Waals surface area contributed by atoms with Crippen LogP contribution in [0.25, 0.3) is 32.9 Å². The van der Waals surface area contributed by atoms with E-state index in [2.05, 4.69) is 9.97 Å². The highest BCUT2D eigenvalue weighted by atomic mass is 19.1. The Kier molecular flexibility index (Phi) is 3.20. The van der Waals surface area contributed by atoms with Gasteiger partial charge in [-0.2, -0.15) is 0 Å². The van der Waals surface area contributed by atoms with Gasteiger partial charge in [0, 0.05) is 34.1 Å². The number of hydrogen-bond acceptors (Lipinski definition) is 3. The van der Waals surface area contributed by atoms with Crippen molar-refractivity contribution in [1.29, 1.82) is 0 Å². The number of fused-ring (bicyclic) bond motifs is 3. The molecule has 2 heterocycles. The molecule has 0 saturated carbocycles. The number of carbonyl (C=O) groups is 1. The molecule has 24 heavy (non-hydrogen) atoms. The molecule has 4 rings (SSSR count). The van der Waals surface area contributed by atoms with Crippen molar-refractivity contribution in [3.8, 4) is 11.3 Å². The molecule has 0 unspecified atom stereocenters. The van der Waals surface area contributed by atoms with Crippen molar-refractivity contribution in [2.75, 3.05) is 0 Å². The van der Waals surface area contributed by atoms with Crippen LogP contribution in [-0.4, -0.2) is 21.0 Å².